The monoisotopic (exact) mass is 375 g/mol. The summed E-state index contributed by atoms with van der Waals surface area (Å²) in [5.41, 5.74) is 3.93. The molecular weight excluding hydrogens is 350 g/mol. The largest absolute Gasteiger partial charge is 0.464 e. The Morgan fingerprint density at radius 2 is 1.79 bits per heavy atom. The summed E-state index contributed by atoms with van der Waals surface area (Å²) < 4.78 is 6.93. The van der Waals surface area contributed by atoms with Gasteiger partial charge in [0.1, 0.15) is 5.69 Å². The highest BCUT2D eigenvalue weighted by Gasteiger charge is 2.42. The second kappa shape index (κ2) is 7.15. The number of fused-ring (bicyclic) bond motifs is 1. The van der Waals surface area contributed by atoms with Crippen molar-refractivity contribution in [1.82, 2.24) is 9.55 Å². The molecule has 0 aliphatic heterocycles. The fourth-order valence-electron chi connectivity index (χ4n) is 4.41. The maximum atomic E-state index is 12.3. The van der Waals surface area contributed by atoms with Gasteiger partial charge in [-0.2, -0.15) is 0 Å². The molecule has 0 spiro atoms. The second-order valence-corrected chi connectivity index (χ2v) is 7.96. The highest BCUT2D eigenvalue weighted by molar-refractivity contribution is 5.87. The van der Waals surface area contributed by atoms with E-state index in [2.05, 4.69) is 60.5 Å². The number of ether oxygens (including phenoxy) is 1. The van der Waals surface area contributed by atoms with Crippen molar-refractivity contribution in [2.75, 3.05) is 12.4 Å². The van der Waals surface area contributed by atoms with Gasteiger partial charge >= 0.3 is 5.97 Å². The van der Waals surface area contributed by atoms with Crippen LogP contribution in [0.2, 0.25) is 0 Å². The van der Waals surface area contributed by atoms with Crippen LogP contribution in [0.25, 0.3) is 0 Å². The van der Waals surface area contributed by atoms with Crippen LogP contribution in [0.15, 0.2) is 67.1 Å². The van der Waals surface area contributed by atoms with Crippen LogP contribution < -0.4 is 5.32 Å². The highest BCUT2D eigenvalue weighted by atomic mass is 16.5. The molecule has 0 fully saturated rings. The summed E-state index contributed by atoms with van der Waals surface area (Å²) in [5.74, 6) is -0.365. The summed E-state index contributed by atoms with van der Waals surface area (Å²) >= 11 is 0. The second-order valence-electron chi connectivity index (χ2n) is 7.96. The van der Waals surface area contributed by atoms with Gasteiger partial charge < -0.3 is 14.6 Å². The number of nitrogens with zero attached hydrogens (tertiary/aromatic N) is 2. The van der Waals surface area contributed by atoms with Gasteiger partial charge in [-0.1, -0.05) is 56.3 Å². The first-order valence-electron chi connectivity index (χ1n) is 9.52. The van der Waals surface area contributed by atoms with E-state index in [0.29, 0.717) is 5.69 Å². The smallest absolute Gasteiger partial charge is 0.356 e. The Kier molecular flexibility index (Phi) is 4.67. The van der Waals surface area contributed by atoms with E-state index >= 15 is 0 Å². The van der Waals surface area contributed by atoms with Crippen LogP contribution in [-0.2, 0) is 4.74 Å². The molecular formula is C23H25N3O2. The number of hydrogen-bond donors (Lipinski definition) is 1. The number of aromatic nitrogens is 2. The Morgan fingerprint density at radius 1 is 1.11 bits per heavy atom. The number of carbonyl (C=O) groups is 1. The van der Waals surface area contributed by atoms with Crippen LogP contribution in [0, 0.1) is 5.41 Å². The summed E-state index contributed by atoms with van der Waals surface area (Å²) in [7, 11) is 1.40. The Balaban J connectivity index is 1.79. The molecule has 2 aromatic carbocycles. The molecule has 1 aliphatic rings. The fourth-order valence-corrected chi connectivity index (χ4v) is 4.41. The van der Waals surface area contributed by atoms with Crippen molar-refractivity contribution >= 4 is 11.7 Å². The van der Waals surface area contributed by atoms with Crippen LogP contribution in [0.3, 0.4) is 0 Å². The predicted molar refractivity (Wildman–Crippen MR) is 109 cm³/mol. The summed E-state index contributed by atoms with van der Waals surface area (Å²) in [6, 6.07) is 18.9. The van der Waals surface area contributed by atoms with E-state index in [9.17, 15) is 4.79 Å². The third kappa shape index (κ3) is 3.17. The first kappa shape index (κ1) is 18.3. The number of imidazole rings is 1. The van der Waals surface area contributed by atoms with Crippen molar-refractivity contribution < 1.29 is 9.53 Å². The lowest BCUT2D eigenvalue weighted by atomic mass is 9.68. The molecule has 28 heavy (non-hydrogen) atoms. The number of esters is 1. The molecule has 5 nitrogen and oxygen atoms in total. The molecule has 0 unspecified atom stereocenters. The minimum Gasteiger partial charge on any atom is -0.464 e. The van der Waals surface area contributed by atoms with Gasteiger partial charge in [-0.3, -0.25) is 0 Å². The number of para-hydroxylation sites is 1. The number of carbonyl (C=O) groups excluding carboxylic acids is 1. The fraction of sp³-hybridized carbons (Fsp3) is 0.304. The first-order valence-corrected chi connectivity index (χ1v) is 9.52. The maximum absolute atomic E-state index is 12.3. The van der Waals surface area contributed by atoms with E-state index in [0.717, 1.165) is 12.1 Å². The Labute approximate surface area is 165 Å². The SMILES string of the molecule is COC(=O)c1cncn1[C@H]1c2ccccc2[C@H](Nc2ccccc2)CC1(C)C. The molecule has 1 heterocycles. The quantitative estimate of drug-likeness (QED) is 0.663. The van der Waals surface area contributed by atoms with Gasteiger partial charge in [0.2, 0.25) is 0 Å². The van der Waals surface area contributed by atoms with Crippen molar-refractivity contribution in [2.45, 2.75) is 32.4 Å². The van der Waals surface area contributed by atoms with Gasteiger partial charge in [-0.05, 0) is 35.1 Å². The minimum atomic E-state index is -0.365. The highest BCUT2D eigenvalue weighted by Crippen LogP contribution is 2.51. The van der Waals surface area contributed by atoms with E-state index in [-0.39, 0.29) is 23.5 Å². The van der Waals surface area contributed by atoms with Crippen LogP contribution in [0.4, 0.5) is 5.69 Å². The summed E-state index contributed by atoms with van der Waals surface area (Å²) in [5, 5.41) is 3.69. The Morgan fingerprint density at radius 3 is 2.50 bits per heavy atom. The number of rotatable bonds is 4. The van der Waals surface area contributed by atoms with Gasteiger partial charge in [0.15, 0.2) is 0 Å². The van der Waals surface area contributed by atoms with Gasteiger partial charge in [-0.25, -0.2) is 9.78 Å². The molecule has 1 aliphatic carbocycles. The van der Waals surface area contributed by atoms with E-state index in [1.807, 2.05) is 22.8 Å². The van der Waals surface area contributed by atoms with Gasteiger partial charge in [0.05, 0.1) is 31.7 Å². The summed E-state index contributed by atoms with van der Waals surface area (Å²) in [6.45, 7) is 4.49. The van der Waals surface area contributed by atoms with Crippen LogP contribution >= 0.6 is 0 Å². The van der Waals surface area contributed by atoms with E-state index in [4.69, 9.17) is 4.74 Å². The lowest BCUT2D eigenvalue weighted by Gasteiger charge is -2.45. The summed E-state index contributed by atoms with van der Waals surface area (Å²) in [4.78, 5) is 16.5. The Bertz CT molecular complexity index is 978. The maximum Gasteiger partial charge on any atom is 0.356 e. The molecule has 2 atom stereocenters. The van der Waals surface area contributed by atoms with Crippen LogP contribution in [-0.4, -0.2) is 22.6 Å². The zero-order valence-electron chi connectivity index (χ0n) is 16.4. The van der Waals surface area contributed by atoms with E-state index in [1.165, 1.54) is 18.2 Å². The summed E-state index contributed by atoms with van der Waals surface area (Å²) in [6.07, 6.45) is 4.24. The topological polar surface area (TPSA) is 56.1 Å². The van der Waals surface area contributed by atoms with Crippen molar-refractivity contribution in [1.29, 1.82) is 0 Å². The standard InChI is InChI=1S/C23H25N3O2/c1-23(2)13-19(25-16-9-5-4-6-10-16)17-11-7-8-12-18(17)21(23)26-15-24-14-20(26)22(27)28-3/h4-12,14-15,19,21,25H,13H2,1-3H3/t19-,21+/m1/s1. The number of anilines is 1. The molecule has 0 amide bonds. The number of benzene rings is 2. The van der Waals surface area contributed by atoms with Crippen molar-refractivity contribution in [3.63, 3.8) is 0 Å². The van der Waals surface area contributed by atoms with Crippen LogP contribution in [0.5, 0.6) is 0 Å². The third-order valence-electron chi connectivity index (χ3n) is 5.59. The van der Waals surface area contributed by atoms with Gasteiger partial charge in [0, 0.05) is 5.69 Å². The molecule has 0 saturated heterocycles. The van der Waals surface area contributed by atoms with Crippen molar-refractivity contribution in [3.05, 3.63) is 83.9 Å². The van der Waals surface area contributed by atoms with Crippen molar-refractivity contribution in [3.8, 4) is 0 Å². The van der Waals surface area contributed by atoms with E-state index in [1.54, 1.807) is 12.5 Å². The average Bonchev–Trinajstić information content (AvgIpc) is 3.16. The van der Waals surface area contributed by atoms with Crippen molar-refractivity contribution in [2.24, 2.45) is 5.41 Å². The Hall–Kier alpha value is -3.08. The molecule has 1 aromatic heterocycles. The molecule has 0 bridgehead atoms. The van der Waals surface area contributed by atoms with Gasteiger partial charge in [-0.15, -0.1) is 0 Å². The lowest BCUT2D eigenvalue weighted by Crippen LogP contribution is -2.38. The first-order chi connectivity index (χ1) is 13.5. The molecule has 1 N–H and O–H groups in total. The zero-order chi connectivity index (χ0) is 19.7. The zero-order valence-corrected chi connectivity index (χ0v) is 16.4. The third-order valence-corrected chi connectivity index (χ3v) is 5.59. The predicted octanol–water partition coefficient (Wildman–Crippen LogP) is 4.84. The molecule has 3 aromatic rings. The minimum absolute atomic E-state index is 0.00544. The molecule has 0 radical (unpaired) electrons. The number of methoxy groups -OCH3 is 1. The normalized spacial score (nSPS) is 20.2. The number of nitrogens with one attached hydrogen (secondary N) is 1. The molecule has 0 saturated carbocycles. The molecule has 144 valence electrons. The lowest BCUT2D eigenvalue weighted by molar-refractivity contribution is 0.0580. The molecule has 4 rings (SSSR count). The van der Waals surface area contributed by atoms with Crippen LogP contribution in [0.1, 0.15) is 54.0 Å². The average molecular weight is 375 g/mol. The molecule has 5 heteroatoms. The van der Waals surface area contributed by atoms with Gasteiger partial charge in [0.25, 0.3) is 0 Å². The van der Waals surface area contributed by atoms with E-state index < -0.39 is 0 Å². The number of hydrogen-bond acceptors (Lipinski definition) is 4.